The fraction of sp³-hybridized carbons (Fsp3) is 0.500. The lowest BCUT2D eigenvalue weighted by atomic mass is 10.0. The van der Waals surface area contributed by atoms with Gasteiger partial charge in [0.05, 0.1) is 23.7 Å². The summed E-state index contributed by atoms with van der Waals surface area (Å²) in [6.45, 7) is 3.87. The normalized spacial score (nSPS) is 25.0. The Kier molecular flexibility index (Phi) is 3.94. The highest BCUT2D eigenvalue weighted by molar-refractivity contribution is 6.13. The van der Waals surface area contributed by atoms with E-state index < -0.39 is 0 Å². The number of ether oxygens (including phenoxy) is 2. The molecule has 134 valence electrons. The van der Waals surface area contributed by atoms with Crippen LogP contribution in [0.3, 0.4) is 0 Å². The second kappa shape index (κ2) is 6.01. The predicted molar refractivity (Wildman–Crippen MR) is 96.5 cm³/mol. The summed E-state index contributed by atoms with van der Waals surface area (Å²) in [7, 11) is 1.74. The number of hydrogen-bond acceptors (Lipinski definition) is 7. The van der Waals surface area contributed by atoms with Gasteiger partial charge < -0.3 is 20.6 Å². The zero-order valence-electron chi connectivity index (χ0n) is 14.6. The first-order chi connectivity index (χ1) is 12.0. The maximum absolute atomic E-state index is 8.54. The molecule has 1 unspecified atom stereocenters. The maximum atomic E-state index is 8.54. The Hall–Kier alpha value is -2.09. The van der Waals surface area contributed by atoms with Gasteiger partial charge in [-0.05, 0) is 44.0 Å². The molecule has 3 aliphatic rings. The molecule has 0 aromatic heterocycles. The molecule has 1 saturated carbocycles. The minimum absolute atomic E-state index is 0.0531. The van der Waals surface area contributed by atoms with E-state index in [9.17, 15) is 0 Å². The first kappa shape index (κ1) is 16.4. The van der Waals surface area contributed by atoms with Crippen molar-refractivity contribution < 1.29 is 9.47 Å². The predicted octanol–water partition coefficient (Wildman–Crippen LogP) is 1.22. The molecule has 0 bridgehead atoms. The average Bonchev–Trinajstić information content (AvgIpc) is 3.08. The lowest BCUT2D eigenvalue weighted by Crippen LogP contribution is -2.59. The first-order valence-corrected chi connectivity index (χ1v) is 8.65. The van der Waals surface area contributed by atoms with Gasteiger partial charge in [0.1, 0.15) is 11.4 Å². The van der Waals surface area contributed by atoms with Gasteiger partial charge in [0.25, 0.3) is 0 Å². The van der Waals surface area contributed by atoms with Crippen molar-refractivity contribution in [2.75, 3.05) is 25.9 Å². The van der Waals surface area contributed by atoms with Gasteiger partial charge in [-0.3, -0.25) is 10.3 Å². The van der Waals surface area contributed by atoms with Crippen LogP contribution in [0.4, 0.5) is 5.69 Å². The van der Waals surface area contributed by atoms with Crippen molar-refractivity contribution in [2.24, 2.45) is 0 Å². The third-order valence-electron chi connectivity index (χ3n) is 5.16. The molecule has 7 nitrogen and oxygen atoms in total. The highest BCUT2D eigenvalue weighted by Crippen LogP contribution is 2.40. The van der Waals surface area contributed by atoms with E-state index in [0.717, 1.165) is 37.4 Å². The summed E-state index contributed by atoms with van der Waals surface area (Å²) in [5.74, 6) is 0.766. The number of nitrogen functional groups attached to an aromatic ring is 1. The van der Waals surface area contributed by atoms with Crippen molar-refractivity contribution in [3.05, 3.63) is 35.5 Å². The number of anilines is 1. The van der Waals surface area contributed by atoms with Crippen LogP contribution in [-0.2, 0) is 4.74 Å². The summed E-state index contributed by atoms with van der Waals surface area (Å²) >= 11 is 0. The SMILES string of the molecule is COC1CN(C2C=C(C(=N)c3cc(OC4(C)CC4)ccc3N)NN2)C1. The molecule has 1 aromatic rings. The molecule has 2 aliphatic heterocycles. The highest BCUT2D eigenvalue weighted by Gasteiger charge is 2.40. The molecular formula is C18H25N5O2. The topological polar surface area (TPSA) is 95.6 Å². The maximum Gasteiger partial charge on any atom is 0.120 e. The van der Waals surface area contributed by atoms with Crippen LogP contribution in [0.15, 0.2) is 30.0 Å². The van der Waals surface area contributed by atoms with Crippen LogP contribution in [0.5, 0.6) is 5.75 Å². The number of benzene rings is 1. The van der Waals surface area contributed by atoms with Gasteiger partial charge in [0.2, 0.25) is 0 Å². The molecule has 1 aliphatic carbocycles. The van der Waals surface area contributed by atoms with Gasteiger partial charge in [-0.2, -0.15) is 0 Å². The van der Waals surface area contributed by atoms with E-state index in [4.69, 9.17) is 20.6 Å². The van der Waals surface area contributed by atoms with Gasteiger partial charge >= 0.3 is 0 Å². The van der Waals surface area contributed by atoms with Crippen molar-refractivity contribution in [3.8, 4) is 5.75 Å². The molecule has 0 radical (unpaired) electrons. The summed E-state index contributed by atoms with van der Waals surface area (Å²) in [6, 6.07) is 5.55. The Balaban J connectivity index is 1.48. The first-order valence-electron chi connectivity index (χ1n) is 8.65. The number of nitrogens with zero attached hydrogens (tertiary/aromatic N) is 1. The number of nitrogens with two attached hydrogens (primary N) is 1. The fourth-order valence-corrected chi connectivity index (χ4v) is 3.10. The number of methoxy groups -OCH3 is 1. The number of hydrogen-bond donors (Lipinski definition) is 4. The Morgan fingerprint density at radius 3 is 2.80 bits per heavy atom. The molecule has 4 rings (SSSR count). The summed E-state index contributed by atoms with van der Waals surface area (Å²) in [6.07, 6.45) is 4.52. The van der Waals surface area contributed by atoms with Crippen molar-refractivity contribution in [1.29, 1.82) is 5.41 Å². The second-order valence-electron chi connectivity index (χ2n) is 7.28. The van der Waals surface area contributed by atoms with Crippen LogP contribution in [0.1, 0.15) is 25.3 Å². The van der Waals surface area contributed by atoms with Crippen LogP contribution in [0.2, 0.25) is 0 Å². The minimum Gasteiger partial charge on any atom is -0.488 e. The molecule has 0 spiro atoms. The van der Waals surface area contributed by atoms with E-state index in [0.29, 0.717) is 23.1 Å². The Labute approximate surface area is 147 Å². The number of likely N-dealkylation sites (tertiary alicyclic amines) is 1. The highest BCUT2D eigenvalue weighted by atomic mass is 16.5. The number of hydrazine groups is 1. The molecule has 0 amide bonds. The average molecular weight is 343 g/mol. The molecule has 7 heteroatoms. The quantitative estimate of drug-likeness (QED) is 0.458. The van der Waals surface area contributed by atoms with Crippen LogP contribution in [0, 0.1) is 5.41 Å². The molecule has 1 atom stereocenters. The standard InChI is InChI=1S/C18H25N5O2/c1-18(5-6-18)25-11-3-4-14(19)13(7-11)17(20)15-8-16(22-21-15)23-9-12(10-23)24-2/h3-4,7-8,12,16,20-22H,5-6,9-10,19H2,1-2H3. The smallest absolute Gasteiger partial charge is 0.120 e. The molecule has 1 saturated heterocycles. The summed E-state index contributed by atoms with van der Waals surface area (Å²) in [4.78, 5) is 2.25. The second-order valence-corrected chi connectivity index (χ2v) is 7.28. The van der Waals surface area contributed by atoms with Crippen molar-refractivity contribution in [2.45, 2.75) is 37.6 Å². The van der Waals surface area contributed by atoms with E-state index in [1.54, 1.807) is 7.11 Å². The van der Waals surface area contributed by atoms with Gasteiger partial charge in [-0.15, -0.1) is 0 Å². The lowest BCUT2D eigenvalue weighted by Gasteiger charge is -2.41. The minimum atomic E-state index is -0.0531. The molecule has 1 aromatic carbocycles. The van der Waals surface area contributed by atoms with Gasteiger partial charge in [-0.25, -0.2) is 5.43 Å². The van der Waals surface area contributed by atoms with Gasteiger partial charge in [0, 0.05) is 31.5 Å². The van der Waals surface area contributed by atoms with Crippen LogP contribution < -0.4 is 21.3 Å². The van der Waals surface area contributed by atoms with Gasteiger partial charge in [0.15, 0.2) is 0 Å². The lowest BCUT2D eigenvalue weighted by molar-refractivity contribution is -0.0471. The van der Waals surface area contributed by atoms with Crippen molar-refractivity contribution in [3.63, 3.8) is 0 Å². The molecule has 2 heterocycles. The summed E-state index contributed by atoms with van der Waals surface area (Å²) in [5.41, 5.74) is 14.7. The van der Waals surface area contributed by atoms with Crippen LogP contribution in [0.25, 0.3) is 0 Å². The van der Waals surface area contributed by atoms with E-state index in [1.165, 1.54) is 0 Å². The van der Waals surface area contributed by atoms with Gasteiger partial charge in [-0.1, -0.05) is 0 Å². The molecule has 2 fully saturated rings. The van der Waals surface area contributed by atoms with E-state index in [1.807, 2.05) is 24.3 Å². The zero-order valence-corrected chi connectivity index (χ0v) is 14.6. The zero-order chi connectivity index (χ0) is 17.6. The Morgan fingerprint density at radius 2 is 2.12 bits per heavy atom. The summed E-state index contributed by atoms with van der Waals surface area (Å²) < 4.78 is 11.3. The van der Waals surface area contributed by atoms with Crippen LogP contribution >= 0.6 is 0 Å². The number of allylic oxidation sites excluding steroid dienone is 1. The summed E-state index contributed by atoms with van der Waals surface area (Å²) in [5, 5.41) is 8.54. The molecule has 5 N–H and O–H groups in total. The third-order valence-corrected chi connectivity index (χ3v) is 5.16. The fourth-order valence-electron chi connectivity index (χ4n) is 3.10. The largest absolute Gasteiger partial charge is 0.488 e. The van der Waals surface area contributed by atoms with Crippen LogP contribution in [-0.4, -0.2) is 48.7 Å². The van der Waals surface area contributed by atoms with E-state index >= 15 is 0 Å². The third kappa shape index (κ3) is 3.22. The van der Waals surface area contributed by atoms with E-state index in [2.05, 4.69) is 22.7 Å². The monoisotopic (exact) mass is 343 g/mol. The molecular weight excluding hydrogens is 318 g/mol. The number of nitrogens with one attached hydrogen (secondary N) is 3. The van der Waals surface area contributed by atoms with Crippen molar-refractivity contribution in [1.82, 2.24) is 15.8 Å². The number of rotatable bonds is 6. The molecule has 25 heavy (non-hydrogen) atoms. The van der Waals surface area contributed by atoms with Crippen molar-refractivity contribution >= 4 is 11.4 Å². The van der Waals surface area contributed by atoms with E-state index in [-0.39, 0.29) is 11.8 Å². The Morgan fingerprint density at radius 1 is 1.36 bits per heavy atom. The Bertz CT molecular complexity index is 722.